The molecule has 1 aromatic heterocycles. The van der Waals surface area contributed by atoms with Crippen LogP contribution in [-0.2, 0) is 0 Å². The van der Waals surface area contributed by atoms with Crippen LogP contribution < -0.4 is 4.74 Å². The molecule has 0 amide bonds. The summed E-state index contributed by atoms with van der Waals surface area (Å²) >= 11 is 1.52. The highest BCUT2D eigenvalue weighted by atomic mass is 32.1. The van der Waals surface area contributed by atoms with Gasteiger partial charge in [0.25, 0.3) is 0 Å². The first-order chi connectivity index (χ1) is 8.13. The van der Waals surface area contributed by atoms with Gasteiger partial charge >= 0.3 is 0 Å². The quantitative estimate of drug-likeness (QED) is 0.773. The van der Waals surface area contributed by atoms with E-state index in [0.717, 1.165) is 16.7 Å². The van der Waals surface area contributed by atoms with Crippen molar-refractivity contribution in [2.75, 3.05) is 7.11 Å². The number of ketones is 1. The third-order valence-electron chi connectivity index (χ3n) is 2.67. The Morgan fingerprint density at radius 1 is 1.29 bits per heavy atom. The van der Waals surface area contributed by atoms with Gasteiger partial charge in [-0.25, -0.2) is 0 Å². The Labute approximate surface area is 105 Å². The molecular formula is C14H14O2S. The summed E-state index contributed by atoms with van der Waals surface area (Å²) in [5.41, 5.74) is 3.44. The van der Waals surface area contributed by atoms with Crippen LogP contribution in [-0.4, -0.2) is 12.9 Å². The van der Waals surface area contributed by atoms with E-state index in [1.165, 1.54) is 11.3 Å². The summed E-state index contributed by atoms with van der Waals surface area (Å²) in [6, 6.07) is 5.74. The predicted octanol–water partition coefficient (Wildman–Crippen LogP) is 3.60. The Kier molecular flexibility index (Phi) is 3.29. The fourth-order valence-electron chi connectivity index (χ4n) is 1.92. The molecule has 88 valence electrons. The van der Waals surface area contributed by atoms with Crippen LogP contribution in [0.25, 0.3) is 0 Å². The monoisotopic (exact) mass is 246 g/mol. The lowest BCUT2D eigenvalue weighted by Crippen LogP contribution is -2.05. The van der Waals surface area contributed by atoms with Gasteiger partial charge in [0.2, 0.25) is 0 Å². The van der Waals surface area contributed by atoms with E-state index in [4.69, 9.17) is 4.74 Å². The standard InChI is InChI=1S/C14H14O2S/c1-9-6-10(2)13(12(7-9)16-3)14(15)11-4-5-17-8-11/h4-8H,1-3H3. The lowest BCUT2D eigenvalue weighted by atomic mass is 9.98. The summed E-state index contributed by atoms with van der Waals surface area (Å²) in [4.78, 5) is 12.3. The van der Waals surface area contributed by atoms with E-state index in [1.54, 1.807) is 7.11 Å². The van der Waals surface area contributed by atoms with Crippen molar-refractivity contribution in [1.29, 1.82) is 0 Å². The van der Waals surface area contributed by atoms with Gasteiger partial charge in [-0.05, 0) is 42.5 Å². The number of ether oxygens (including phenoxy) is 1. The molecule has 0 N–H and O–H groups in total. The fourth-order valence-corrected chi connectivity index (χ4v) is 2.55. The molecule has 3 heteroatoms. The summed E-state index contributed by atoms with van der Waals surface area (Å²) in [6.07, 6.45) is 0. The number of aryl methyl sites for hydroxylation is 2. The minimum absolute atomic E-state index is 0.0283. The average Bonchev–Trinajstić information content (AvgIpc) is 2.80. The lowest BCUT2D eigenvalue weighted by Gasteiger charge is -2.11. The number of hydrogen-bond donors (Lipinski definition) is 0. The van der Waals surface area contributed by atoms with Gasteiger partial charge in [-0.15, -0.1) is 0 Å². The zero-order valence-corrected chi connectivity index (χ0v) is 10.9. The van der Waals surface area contributed by atoms with Crippen molar-refractivity contribution >= 4 is 17.1 Å². The highest BCUT2D eigenvalue weighted by Gasteiger charge is 2.17. The zero-order chi connectivity index (χ0) is 12.4. The third-order valence-corrected chi connectivity index (χ3v) is 3.36. The number of hydrogen-bond acceptors (Lipinski definition) is 3. The second kappa shape index (κ2) is 4.72. The minimum atomic E-state index is 0.0283. The Morgan fingerprint density at radius 3 is 2.65 bits per heavy atom. The van der Waals surface area contributed by atoms with Crippen LogP contribution in [0.4, 0.5) is 0 Å². The van der Waals surface area contributed by atoms with Gasteiger partial charge in [0.1, 0.15) is 5.75 Å². The molecule has 0 aliphatic carbocycles. The molecular weight excluding hydrogens is 232 g/mol. The zero-order valence-electron chi connectivity index (χ0n) is 10.1. The van der Waals surface area contributed by atoms with Crippen LogP contribution in [0.5, 0.6) is 5.75 Å². The highest BCUT2D eigenvalue weighted by molar-refractivity contribution is 7.08. The summed E-state index contributed by atoms with van der Waals surface area (Å²) in [5, 5.41) is 3.77. The van der Waals surface area contributed by atoms with Crippen molar-refractivity contribution in [2.45, 2.75) is 13.8 Å². The van der Waals surface area contributed by atoms with Crippen LogP contribution in [0.2, 0.25) is 0 Å². The molecule has 0 fully saturated rings. The molecule has 0 aliphatic rings. The van der Waals surface area contributed by atoms with Crippen LogP contribution in [0, 0.1) is 13.8 Å². The number of carbonyl (C=O) groups excluding carboxylic acids is 1. The van der Waals surface area contributed by atoms with Gasteiger partial charge in [-0.2, -0.15) is 11.3 Å². The topological polar surface area (TPSA) is 26.3 Å². The number of thiophene rings is 1. The van der Waals surface area contributed by atoms with Gasteiger partial charge in [0, 0.05) is 10.9 Å². The molecule has 0 atom stereocenters. The first-order valence-corrected chi connectivity index (χ1v) is 6.30. The lowest BCUT2D eigenvalue weighted by molar-refractivity contribution is 0.103. The summed E-state index contributed by atoms with van der Waals surface area (Å²) < 4.78 is 5.31. The molecule has 0 unspecified atom stereocenters. The highest BCUT2D eigenvalue weighted by Crippen LogP contribution is 2.27. The van der Waals surface area contributed by atoms with Crippen LogP contribution >= 0.6 is 11.3 Å². The van der Waals surface area contributed by atoms with Crippen molar-refractivity contribution in [3.05, 3.63) is 51.2 Å². The van der Waals surface area contributed by atoms with E-state index < -0.39 is 0 Å². The fraction of sp³-hybridized carbons (Fsp3) is 0.214. The van der Waals surface area contributed by atoms with Crippen molar-refractivity contribution in [3.8, 4) is 5.75 Å². The number of benzene rings is 1. The molecule has 2 rings (SSSR count). The molecule has 0 saturated heterocycles. The Hall–Kier alpha value is -1.61. The third kappa shape index (κ3) is 2.24. The maximum absolute atomic E-state index is 12.3. The van der Waals surface area contributed by atoms with Crippen LogP contribution in [0.3, 0.4) is 0 Å². The average molecular weight is 246 g/mol. The van der Waals surface area contributed by atoms with Gasteiger partial charge in [0.05, 0.1) is 12.7 Å². The maximum Gasteiger partial charge on any atom is 0.197 e. The summed E-state index contributed by atoms with van der Waals surface area (Å²) in [5.74, 6) is 0.680. The predicted molar refractivity (Wildman–Crippen MR) is 70.2 cm³/mol. The number of methoxy groups -OCH3 is 1. The molecule has 2 aromatic rings. The second-order valence-corrected chi connectivity index (χ2v) is 4.78. The number of carbonyl (C=O) groups is 1. The Morgan fingerprint density at radius 2 is 2.06 bits per heavy atom. The summed E-state index contributed by atoms with van der Waals surface area (Å²) in [7, 11) is 1.60. The van der Waals surface area contributed by atoms with Gasteiger partial charge in [-0.1, -0.05) is 6.07 Å². The van der Waals surface area contributed by atoms with E-state index in [2.05, 4.69) is 0 Å². The molecule has 0 saturated carbocycles. The van der Waals surface area contributed by atoms with Crippen molar-refractivity contribution in [3.63, 3.8) is 0 Å². The molecule has 17 heavy (non-hydrogen) atoms. The van der Waals surface area contributed by atoms with E-state index in [1.807, 2.05) is 42.8 Å². The van der Waals surface area contributed by atoms with Crippen LogP contribution in [0.15, 0.2) is 29.0 Å². The molecule has 1 aromatic carbocycles. The second-order valence-electron chi connectivity index (χ2n) is 4.00. The van der Waals surface area contributed by atoms with Crippen molar-refractivity contribution < 1.29 is 9.53 Å². The van der Waals surface area contributed by atoms with E-state index in [-0.39, 0.29) is 5.78 Å². The van der Waals surface area contributed by atoms with Crippen molar-refractivity contribution in [2.24, 2.45) is 0 Å². The van der Waals surface area contributed by atoms with Gasteiger partial charge in [-0.3, -0.25) is 4.79 Å². The molecule has 0 radical (unpaired) electrons. The van der Waals surface area contributed by atoms with Gasteiger partial charge < -0.3 is 4.74 Å². The molecule has 0 bridgehead atoms. The van der Waals surface area contributed by atoms with Crippen LogP contribution in [0.1, 0.15) is 27.0 Å². The maximum atomic E-state index is 12.3. The Balaban J connectivity index is 2.55. The molecule has 2 nitrogen and oxygen atoms in total. The van der Waals surface area contributed by atoms with Gasteiger partial charge in [0.15, 0.2) is 5.78 Å². The van der Waals surface area contributed by atoms with E-state index >= 15 is 0 Å². The SMILES string of the molecule is COc1cc(C)cc(C)c1C(=O)c1ccsc1. The molecule has 0 spiro atoms. The minimum Gasteiger partial charge on any atom is -0.496 e. The smallest absolute Gasteiger partial charge is 0.197 e. The normalized spacial score (nSPS) is 10.3. The van der Waals surface area contributed by atoms with E-state index in [0.29, 0.717) is 11.3 Å². The van der Waals surface area contributed by atoms with Crippen molar-refractivity contribution in [1.82, 2.24) is 0 Å². The van der Waals surface area contributed by atoms with E-state index in [9.17, 15) is 4.79 Å². The molecule has 1 heterocycles. The Bertz CT molecular complexity index is 542. The number of rotatable bonds is 3. The molecule has 0 aliphatic heterocycles. The first kappa shape index (κ1) is 11.9. The first-order valence-electron chi connectivity index (χ1n) is 5.35. The largest absolute Gasteiger partial charge is 0.496 e. The summed E-state index contributed by atoms with van der Waals surface area (Å²) in [6.45, 7) is 3.93.